The predicted molar refractivity (Wildman–Crippen MR) is 60.3 cm³/mol. The van der Waals surface area contributed by atoms with Gasteiger partial charge in [0.2, 0.25) is 0 Å². The number of nitrogens with zero attached hydrogens (tertiary/aromatic N) is 1. The van der Waals surface area contributed by atoms with Gasteiger partial charge in [-0.05, 0) is 31.9 Å². The van der Waals surface area contributed by atoms with E-state index < -0.39 is 0 Å². The van der Waals surface area contributed by atoms with Crippen LogP contribution in [0.2, 0.25) is 0 Å². The maximum Gasteiger partial charge on any atom is 0.139 e. The number of phenolic OH excluding ortho intramolecular Hbond substituents is 1. The largest absolute Gasteiger partial charge is 0.508 e. The summed E-state index contributed by atoms with van der Waals surface area (Å²) in [5.74, 6) is 1.10. The third-order valence-corrected chi connectivity index (χ3v) is 3.19. The van der Waals surface area contributed by atoms with E-state index in [9.17, 15) is 5.11 Å². The summed E-state index contributed by atoms with van der Waals surface area (Å²) in [6.07, 6.45) is 2.05. The summed E-state index contributed by atoms with van der Waals surface area (Å²) in [4.78, 5) is 7.74. The molecule has 4 heteroatoms. The van der Waals surface area contributed by atoms with Crippen LogP contribution < -0.4 is 0 Å². The molecule has 84 valence electrons. The maximum absolute atomic E-state index is 9.39. The van der Waals surface area contributed by atoms with Crippen LogP contribution in [-0.4, -0.2) is 21.7 Å². The van der Waals surface area contributed by atoms with E-state index in [1.165, 1.54) is 0 Å². The van der Waals surface area contributed by atoms with E-state index in [1.807, 2.05) is 6.07 Å². The second kappa shape index (κ2) is 3.22. The number of aromatic nitrogens is 2. The molecule has 0 radical (unpaired) electrons. The summed E-state index contributed by atoms with van der Waals surface area (Å²) < 4.78 is 5.73. The van der Waals surface area contributed by atoms with Crippen LogP contribution in [0, 0.1) is 0 Å². The molecule has 0 saturated carbocycles. The van der Waals surface area contributed by atoms with Crippen LogP contribution in [0.15, 0.2) is 18.2 Å². The molecule has 1 fully saturated rings. The average Bonchev–Trinajstić information content (AvgIpc) is 2.84. The molecular formula is C12H14N2O2. The van der Waals surface area contributed by atoms with Gasteiger partial charge >= 0.3 is 0 Å². The number of phenols is 1. The predicted octanol–water partition coefficient (Wildman–Crippen LogP) is 2.29. The summed E-state index contributed by atoms with van der Waals surface area (Å²) in [5, 5.41) is 9.39. The van der Waals surface area contributed by atoms with Crippen molar-refractivity contribution in [2.75, 3.05) is 6.61 Å². The second-order valence-electron chi connectivity index (χ2n) is 4.47. The number of rotatable bonds is 1. The number of fused-ring (bicyclic) bond motifs is 1. The molecule has 1 aliphatic heterocycles. The lowest BCUT2D eigenvalue weighted by Gasteiger charge is -2.19. The quantitative estimate of drug-likeness (QED) is 0.772. The first kappa shape index (κ1) is 9.66. The van der Waals surface area contributed by atoms with Crippen molar-refractivity contribution in [1.29, 1.82) is 0 Å². The highest BCUT2D eigenvalue weighted by Gasteiger charge is 2.34. The lowest BCUT2D eigenvalue weighted by molar-refractivity contribution is 0.0103. The SMILES string of the molecule is CC1(c2nc3ccc(O)cc3[nH]2)CCCO1. The monoisotopic (exact) mass is 218 g/mol. The van der Waals surface area contributed by atoms with Gasteiger partial charge in [0.05, 0.1) is 11.0 Å². The Bertz CT molecular complexity index is 527. The minimum Gasteiger partial charge on any atom is -0.508 e. The molecule has 2 N–H and O–H groups in total. The van der Waals surface area contributed by atoms with Crippen molar-refractivity contribution in [3.05, 3.63) is 24.0 Å². The lowest BCUT2D eigenvalue weighted by atomic mass is 10.0. The molecule has 1 unspecified atom stereocenters. The molecule has 2 heterocycles. The highest BCUT2D eigenvalue weighted by molar-refractivity contribution is 5.76. The Morgan fingerprint density at radius 3 is 3.12 bits per heavy atom. The number of imidazole rings is 1. The van der Waals surface area contributed by atoms with Gasteiger partial charge in [-0.3, -0.25) is 0 Å². The smallest absolute Gasteiger partial charge is 0.139 e. The van der Waals surface area contributed by atoms with Crippen molar-refractivity contribution in [2.24, 2.45) is 0 Å². The van der Waals surface area contributed by atoms with E-state index in [2.05, 4.69) is 16.9 Å². The molecule has 0 aliphatic carbocycles. The molecule has 1 saturated heterocycles. The van der Waals surface area contributed by atoms with Crippen LogP contribution >= 0.6 is 0 Å². The Balaban J connectivity index is 2.11. The van der Waals surface area contributed by atoms with Crippen LogP contribution in [-0.2, 0) is 10.3 Å². The Morgan fingerprint density at radius 2 is 2.38 bits per heavy atom. The van der Waals surface area contributed by atoms with Crippen molar-refractivity contribution in [3.63, 3.8) is 0 Å². The summed E-state index contributed by atoms with van der Waals surface area (Å²) in [6, 6.07) is 5.14. The van der Waals surface area contributed by atoms with Gasteiger partial charge in [-0.15, -0.1) is 0 Å². The van der Waals surface area contributed by atoms with Crippen LogP contribution in [0.1, 0.15) is 25.6 Å². The number of aromatic hydroxyl groups is 1. The summed E-state index contributed by atoms with van der Waals surface area (Å²) in [6.45, 7) is 2.84. The Morgan fingerprint density at radius 1 is 1.50 bits per heavy atom. The Kier molecular flexibility index (Phi) is 1.94. The molecule has 16 heavy (non-hydrogen) atoms. The number of hydrogen-bond acceptors (Lipinski definition) is 3. The van der Waals surface area contributed by atoms with Crippen molar-refractivity contribution in [2.45, 2.75) is 25.4 Å². The molecule has 1 atom stereocenters. The molecule has 0 bridgehead atoms. The zero-order chi connectivity index (χ0) is 11.2. The van der Waals surface area contributed by atoms with Gasteiger partial charge in [-0.2, -0.15) is 0 Å². The second-order valence-corrected chi connectivity index (χ2v) is 4.47. The number of benzene rings is 1. The van der Waals surface area contributed by atoms with E-state index in [-0.39, 0.29) is 11.4 Å². The number of nitrogens with one attached hydrogen (secondary N) is 1. The van der Waals surface area contributed by atoms with E-state index in [4.69, 9.17) is 4.74 Å². The molecule has 3 rings (SSSR count). The fourth-order valence-corrected chi connectivity index (χ4v) is 2.21. The van der Waals surface area contributed by atoms with Gasteiger partial charge in [0.25, 0.3) is 0 Å². The van der Waals surface area contributed by atoms with Crippen LogP contribution in [0.5, 0.6) is 5.75 Å². The summed E-state index contributed by atoms with van der Waals surface area (Å²) in [7, 11) is 0. The minimum absolute atomic E-state index is 0.250. The van der Waals surface area contributed by atoms with Gasteiger partial charge in [0.15, 0.2) is 0 Å². The molecule has 1 aliphatic rings. The molecule has 4 nitrogen and oxygen atoms in total. The lowest BCUT2D eigenvalue weighted by Crippen LogP contribution is -2.21. The highest BCUT2D eigenvalue weighted by atomic mass is 16.5. The maximum atomic E-state index is 9.39. The molecule has 1 aromatic heterocycles. The van der Waals surface area contributed by atoms with Crippen molar-refractivity contribution in [1.82, 2.24) is 9.97 Å². The molecule has 0 spiro atoms. The summed E-state index contributed by atoms with van der Waals surface area (Å²) in [5.41, 5.74) is 1.42. The first-order valence-electron chi connectivity index (χ1n) is 5.51. The van der Waals surface area contributed by atoms with Crippen molar-refractivity contribution in [3.8, 4) is 5.75 Å². The van der Waals surface area contributed by atoms with Crippen molar-refractivity contribution >= 4 is 11.0 Å². The zero-order valence-corrected chi connectivity index (χ0v) is 9.16. The van der Waals surface area contributed by atoms with E-state index in [0.29, 0.717) is 0 Å². The number of ether oxygens (including phenoxy) is 1. The van der Waals surface area contributed by atoms with Crippen molar-refractivity contribution < 1.29 is 9.84 Å². The fraction of sp³-hybridized carbons (Fsp3) is 0.417. The normalized spacial score (nSPS) is 25.3. The van der Waals surface area contributed by atoms with Crippen LogP contribution in [0.3, 0.4) is 0 Å². The average molecular weight is 218 g/mol. The summed E-state index contributed by atoms with van der Waals surface area (Å²) >= 11 is 0. The topological polar surface area (TPSA) is 58.1 Å². The van der Waals surface area contributed by atoms with E-state index in [0.717, 1.165) is 36.3 Å². The van der Waals surface area contributed by atoms with Gasteiger partial charge < -0.3 is 14.8 Å². The number of hydrogen-bond donors (Lipinski definition) is 2. The van der Waals surface area contributed by atoms with Crippen LogP contribution in [0.25, 0.3) is 11.0 Å². The standard InChI is InChI=1S/C12H14N2O2/c1-12(5-2-6-16-12)11-13-9-4-3-8(15)7-10(9)14-11/h3-4,7,15H,2,5-6H2,1H3,(H,13,14). The van der Waals surface area contributed by atoms with Gasteiger partial charge in [0.1, 0.15) is 17.2 Å². The molecular weight excluding hydrogens is 204 g/mol. The Labute approximate surface area is 93.3 Å². The minimum atomic E-state index is -0.297. The van der Waals surface area contributed by atoms with Gasteiger partial charge in [0, 0.05) is 12.7 Å². The van der Waals surface area contributed by atoms with E-state index >= 15 is 0 Å². The number of aromatic amines is 1. The third kappa shape index (κ3) is 1.38. The third-order valence-electron chi connectivity index (χ3n) is 3.19. The zero-order valence-electron chi connectivity index (χ0n) is 9.16. The first-order chi connectivity index (χ1) is 7.67. The molecule has 1 aromatic carbocycles. The highest BCUT2D eigenvalue weighted by Crippen LogP contribution is 2.34. The fourth-order valence-electron chi connectivity index (χ4n) is 2.21. The van der Waals surface area contributed by atoms with Crippen LogP contribution in [0.4, 0.5) is 0 Å². The molecule has 0 amide bonds. The Hall–Kier alpha value is -1.55. The van der Waals surface area contributed by atoms with Gasteiger partial charge in [-0.25, -0.2) is 4.98 Å². The number of H-pyrrole nitrogens is 1. The molecule has 2 aromatic rings. The van der Waals surface area contributed by atoms with E-state index in [1.54, 1.807) is 12.1 Å². The van der Waals surface area contributed by atoms with Gasteiger partial charge in [-0.1, -0.05) is 0 Å². The first-order valence-corrected chi connectivity index (χ1v) is 5.51.